The highest BCUT2D eigenvalue weighted by molar-refractivity contribution is 6.09. The van der Waals surface area contributed by atoms with E-state index in [0.717, 1.165) is 30.3 Å². The van der Waals surface area contributed by atoms with Crippen molar-refractivity contribution in [2.45, 2.75) is 44.3 Å². The Hall–Kier alpha value is -2.96. The molecule has 172 valence electrons. The topological polar surface area (TPSA) is 56.8 Å². The maximum absolute atomic E-state index is 14.3. The van der Waals surface area contributed by atoms with Gasteiger partial charge in [-0.25, -0.2) is 4.39 Å². The molecular formula is C27H28FNO4. The Kier molecular flexibility index (Phi) is 6.55. The minimum Gasteiger partial charge on any atom is -0.488 e. The number of halogens is 1. The number of fused-ring (bicyclic) bond motifs is 1. The van der Waals surface area contributed by atoms with Crippen LogP contribution in [0.25, 0.3) is 10.8 Å². The van der Waals surface area contributed by atoms with Gasteiger partial charge in [0.1, 0.15) is 6.61 Å². The summed E-state index contributed by atoms with van der Waals surface area (Å²) in [7, 11) is 0. The van der Waals surface area contributed by atoms with E-state index >= 15 is 0 Å². The lowest BCUT2D eigenvalue weighted by Gasteiger charge is -2.22. The predicted octanol–water partition coefficient (Wildman–Crippen LogP) is 6.03. The quantitative estimate of drug-likeness (QED) is 0.427. The highest BCUT2D eigenvalue weighted by atomic mass is 19.1. The number of anilines is 1. The summed E-state index contributed by atoms with van der Waals surface area (Å²) < 4.78 is 30.9. The van der Waals surface area contributed by atoms with Crippen molar-refractivity contribution in [3.63, 3.8) is 0 Å². The van der Waals surface area contributed by atoms with Gasteiger partial charge in [0, 0.05) is 23.2 Å². The van der Waals surface area contributed by atoms with Gasteiger partial charge < -0.3 is 19.5 Å². The van der Waals surface area contributed by atoms with Crippen LogP contribution in [0.5, 0.6) is 5.75 Å². The van der Waals surface area contributed by atoms with E-state index in [0.29, 0.717) is 24.7 Å². The zero-order chi connectivity index (χ0) is 22.6. The highest BCUT2D eigenvalue weighted by Gasteiger charge is 2.25. The fraction of sp³-hybridized carbons (Fsp3) is 0.370. The Balaban J connectivity index is 1.25. The van der Waals surface area contributed by atoms with Crippen LogP contribution in [0.4, 0.5) is 10.1 Å². The highest BCUT2D eigenvalue weighted by Crippen LogP contribution is 2.43. The summed E-state index contributed by atoms with van der Waals surface area (Å²) in [4.78, 5) is 13.0. The van der Waals surface area contributed by atoms with Gasteiger partial charge in [-0.1, -0.05) is 30.3 Å². The molecule has 0 spiro atoms. The van der Waals surface area contributed by atoms with E-state index < -0.39 is 5.82 Å². The molecule has 5 rings (SSSR count). The van der Waals surface area contributed by atoms with Gasteiger partial charge in [-0.2, -0.15) is 0 Å². The molecule has 2 aliphatic rings. The first-order valence-electron chi connectivity index (χ1n) is 11.7. The second-order valence-corrected chi connectivity index (χ2v) is 8.64. The third-order valence-electron chi connectivity index (χ3n) is 6.20. The van der Waals surface area contributed by atoms with Crippen molar-refractivity contribution in [1.29, 1.82) is 0 Å². The number of nitrogens with one attached hydrogen (secondary N) is 1. The molecule has 0 aromatic heterocycles. The van der Waals surface area contributed by atoms with Crippen molar-refractivity contribution in [1.82, 2.24) is 0 Å². The van der Waals surface area contributed by atoms with Crippen molar-refractivity contribution in [2.24, 2.45) is 0 Å². The van der Waals surface area contributed by atoms with Gasteiger partial charge in [0.15, 0.2) is 17.9 Å². The molecule has 1 heterocycles. The number of hydrogen-bond donors (Lipinski definition) is 1. The molecule has 6 heteroatoms. The second-order valence-electron chi connectivity index (χ2n) is 8.64. The van der Waals surface area contributed by atoms with Gasteiger partial charge in [-0.05, 0) is 73.2 Å². The van der Waals surface area contributed by atoms with Crippen LogP contribution in [-0.4, -0.2) is 32.0 Å². The smallest absolute Gasteiger partial charge is 0.255 e. The number of ether oxygens (including phenoxy) is 3. The lowest BCUT2D eigenvalue weighted by Crippen LogP contribution is -2.24. The molecule has 1 unspecified atom stereocenters. The minimum atomic E-state index is -0.514. The number of rotatable bonds is 8. The number of amides is 1. The Labute approximate surface area is 192 Å². The van der Waals surface area contributed by atoms with Crippen LogP contribution in [0.1, 0.15) is 53.9 Å². The van der Waals surface area contributed by atoms with Gasteiger partial charge in [-0.3, -0.25) is 4.79 Å². The van der Waals surface area contributed by atoms with Crippen LogP contribution in [-0.2, 0) is 9.47 Å². The van der Waals surface area contributed by atoms with Gasteiger partial charge in [0.25, 0.3) is 5.91 Å². The van der Waals surface area contributed by atoms with E-state index in [1.54, 1.807) is 0 Å². The molecule has 5 nitrogen and oxygen atoms in total. The number of carbonyl (C=O) groups excluding carboxylic acids is 1. The third kappa shape index (κ3) is 5.18. The first kappa shape index (κ1) is 21.9. The van der Waals surface area contributed by atoms with Crippen molar-refractivity contribution >= 4 is 22.4 Å². The van der Waals surface area contributed by atoms with Gasteiger partial charge in [0.05, 0.1) is 6.61 Å². The summed E-state index contributed by atoms with van der Waals surface area (Å²) >= 11 is 0. The maximum atomic E-state index is 14.3. The van der Waals surface area contributed by atoms with Crippen LogP contribution in [0.3, 0.4) is 0 Å². The van der Waals surface area contributed by atoms with Crippen LogP contribution in [0, 0.1) is 5.82 Å². The molecule has 1 aliphatic carbocycles. The summed E-state index contributed by atoms with van der Waals surface area (Å²) in [6.45, 7) is 1.17. The van der Waals surface area contributed by atoms with E-state index in [2.05, 4.69) is 17.4 Å². The normalized spacial score (nSPS) is 18.3. The molecule has 2 fully saturated rings. The molecule has 3 aromatic carbocycles. The molecular weight excluding hydrogens is 421 g/mol. The lowest BCUT2D eigenvalue weighted by molar-refractivity contribution is -0.165. The van der Waals surface area contributed by atoms with E-state index in [1.165, 1.54) is 42.0 Å². The molecule has 1 saturated heterocycles. The fourth-order valence-electron chi connectivity index (χ4n) is 4.32. The molecule has 1 amide bonds. The lowest BCUT2D eigenvalue weighted by atomic mass is 10.00. The van der Waals surface area contributed by atoms with Gasteiger partial charge in [0.2, 0.25) is 0 Å². The molecule has 1 atom stereocenters. The number of benzene rings is 3. The van der Waals surface area contributed by atoms with Crippen LogP contribution in [0.2, 0.25) is 0 Å². The zero-order valence-corrected chi connectivity index (χ0v) is 18.5. The van der Waals surface area contributed by atoms with Gasteiger partial charge in [-0.15, -0.1) is 0 Å². The fourth-order valence-corrected chi connectivity index (χ4v) is 4.32. The molecule has 1 aliphatic heterocycles. The van der Waals surface area contributed by atoms with Crippen molar-refractivity contribution in [2.75, 3.05) is 25.1 Å². The Morgan fingerprint density at radius 1 is 1.00 bits per heavy atom. The average molecular weight is 450 g/mol. The Morgan fingerprint density at radius 3 is 2.67 bits per heavy atom. The summed E-state index contributed by atoms with van der Waals surface area (Å²) in [5, 5.41) is 5.17. The Bertz CT molecular complexity index is 1140. The van der Waals surface area contributed by atoms with Crippen molar-refractivity contribution in [3.05, 3.63) is 71.5 Å². The van der Waals surface area contributed by atoms with Crippen molar-refractivity contribution < 1.29 is 23.4 Å². The largest absolute Gasteiger partial charge is 0.488 e. The standard InChI is InChI=1S/C27H28FNO4/c28-23-13-12-19(17-25(23)31-15-16-33-26-9-1-2-14-32-26)27(30)29-24-8-4-6-21-20(18-10-11-18)5-3-7-22(21)24/h3-8,12-13,17-18,26H,1-2,9-11,14-16H2,(H,29,30). The predicted molar refractivity (Wildman–Crippen MR) is 125 cm³/mol. The molecule has 33 heavy (non-hydrogen) atoms. The second kappa shape index (κ2) is 9.89. The number of hydrogen-bond acceptors (Lipinski definition) is 4. The molecule has 0 radical (unpaired) electrons. The van der Waals surface area contributed by atoms with Crippen molar-refractivity contribution in [3.8, 4) is 5.75 Å². The van der Waals surface area contributed by atoms with E-state index in [-0.39, 0.29) is 24.6 Å². The number of carbonyl (C=O) groups is 1. The zero-order valence-electron chi connectivity index (χ0n) is 18.5. The molecule has 1 saturated carbocycles. The van der Waals surface area contributed by atoms with Crippen LogP contribution in [0.15, 0.2) is 54.6 Å². The monoisotopic (exact) mass is 449 g/mol. The van der Waals surface area contributed by atoms with Gasteiger partial charge >= 0.3 is 0 Å². The first-order valence-corrected chi connectivity index (χ1v) is 11.7. The Morgan fingerprint density at radius 2 is 1.85 bits per heavy atom. The van der Waals surface area contributed by atoms with Crippen LogP contribution < -0.4 is 10.1 Å². The molecule has 0 bridgehead atoms. The maximum Gasteiger partial charge on any atom is 0.255 e. The SMILES string of the molecule is O=C(Nc1cccc2c(C3CC3)cccc12)c1ccc(F)c(OCCOC2CCCCO2)c1. The van der Waals surface area contributed by atoms with E-state index in [4.69, 9.17) is 14.2 Å². The van der Waals surface area contributed by atoms with Crippen LogP contribution >= 0.6 is 0 Å². The molecule has 3 aromatic rings. The summed E-state index contributed by atoms with van der Waals surface area (Å²) in [5.74, 6) is -0.175. The third-order valence-corrected chi connectivity index (χ3v) is 6.20. The summed E-state index contributed by atoms with van der Waals surface area (Å²) in [5.41, 5.74) is 2.41. The van der Waals surface area contributed by atoms with E-state index in [9.17, 15) is 9.18 Å². The minimum absolute atomic E-state index is 0.0322. The first-order chi connectivity index (χ1) is 16.2. The average Bonchev–Trinajstić information content (AvgIpc) is 3.69. The van der Waals surface area contributed by atoms with E-state index in [1.807, 2.05) is 24.3 Å². The summed E-state index contributed by atoms with van der Waals surface area (Å²) in [6, 6.07) is 16.3. The summed E-state index contributed by atoms with van der Waals surface area (Å²) in [6.07, 6.45) is 5.21. The molecule has 1 N–H and O–H groups in total.